The van der Waals surface area contributed by atoms with Gasteiger partial charge in [0.15, 0.2) is 0 Å². The second-order valence-corrected chi connectivity index (χ2v) is 2.76. The van der Waals surface area contributed by atoms with Gasteiger partial charge in [0, 0.05) is 21.1 Å². The van der Waals surface area contributed by atoms with Crippen LogP contribution in [-0.4, -0.2) is 18.0 Å². The zero-order valence-corrected chi connectivity index (χ0v) is 8.53. The van der Waals surface area contributed by atoms with Crippen LogP contribution in [0.1, 0.15) is 25.7 Å². The maximum absolute atomic E-state index is 2.56. The summed E-state index contributed by atoms with van der Waals surface area (Å²) in [6.07, 6.45) is 5.66. The van der Waals surface area contributed by atoms with Crippen molar-refractivity contribution in [3.63, 3.8) is 0 Å². The summed E-state index contributed by atoms with van der Waals surface area (Å²) < 4.78 is 0. The molecular formula is C7H12NW-. The van der Waals surface area contributed by atoms with Crippen LogP contribution in [-0.2, 0) is 21.1 Å². The molecule has 0 spiro atoms. The predicted molar refractivity (Wildman–Crippen MR) is 33.3 cm³/mol. The fourth-order valence-electron chi connectivity index (χ4n) is 1.82. The molecule has 2 rings (SSSR count). The molecular weight excluding hydrogens is 282 g/mol. The monoisotopic (exact) mass is 294 g/mol. The van der Waals surface area contributed by atoms with Gasteiger partial charge in [-0.05, 0) is 13.1 Å². The Balaban J connectivity index is 0.000000405. The van der Waals surface area contributed by atoms with Gasteiger partial charge in [-0.25, -0.2) is 0 Å². The molecule has 2 heteroatoms. The summed E-state index contributed by atoms with van der Waals surface area (Å²) in [5.74, 6) is 0. The van der Waals surface area contributed by atoms with E-state index in [4.69, 9.17) is 0 Å². The fourth-order valence-corrected chi connectivity index (χ4v) is 1.82. The quantitative estimate of drug-likeness (QED) is 0.611. The van der Waals surface area contributed by atoms with Crippen molar-refractivity contribution in [3.8, 4) is 0 Å². The predicted octanol–water partition coefficient (Wildman–Crippen LogP) is 1.41. The van der Waals surface area contributed by atoms with Crippen LogP contribution in [0.3, 0.4) is 0 Å². The molecule has 0 radical (unpaired) electrons. The molecule has 2 fully saturated rings. The summed E-state index contributed by atoms with van der Waals surface area (Å²) in [5.41, 5.74) is 0. The Kier molecular flexibility index (Phi) is 2.72. The smallest absolute Gasteiger partial charge is 0 e. The Morgan fingerprint density at radius 2 is 1.56 bits per heavy atom. The van der Waals surface area contributed by atoms with Crippen molar-refractivity contribution in [1.29, 1.82) is 0 Å². The Labute approximate surface area is 71.1 Å². The van der Waals surface area contributed by atoms with Crippen LogP contribution in [0, 0.1) is 6.04 Å². The summed E-state index contributed by atoms with van der Waals surface area (Å²) in [6, 6.07) is 1.74. The van der Waals surface area contributed by atoms with Gasteiger partial charge in [0.05, 0.1) is 0 Å². The molecule has 0 unspecified atom stereocenters. The van der Waals surface area contributed by atoms with Crippen LogP contribution >= 0.6 is 0 Å². The van der Waals surface area contributed by atoms with Gasteiger partial charge in [0.2, 0.25) is 0 Å². The molecule has 0 N–H and O–H groups in total. The molecule has 9 heavy (non-hydrogen) atoms. The second kappa shape index (κ2) is 3.16. The molecule has 0 saturated carbocycles. The van der Waals surface area contributed by atoms with Crippen molar-refractivity contribution in [2.24, 2.45) is 0 Å². The van der Waals surface area contributed by atoms with Crippen molar-refractivity contribution in [1.82, 2.24) is 4.90 Å². The first kappa shape index (κ1) is 7.75. The van der Waals surface area contributed by atoms with E-state index >= 15 is 0 Å². The third kappa shape index (κ3) is 1.38. The standard InChI is InChI=1S/C7H12N.W/c1-3-7-4-2-6-8(7)5-1;/h1-6H2;/q-1;. The molecule has 2 aliphatic heterocycles. The van der Waals surface area contributed by atoms with Gasteiger partial charge in [-0.3, -0.25) is 6.04 Å². The zero-order valence-electron chi connectivity index (χ0n) is 5.60. The molecule has 0 aliphatic carbocycles. The van der Waals surface area contributed by atoms with Gasteiger partial charge in [0.1, 0.15) is 0 Å². The largest absolute Gasteiger partial charge is 0.454 e. The minimum atomic E-state index is 0. The average molecular weight is 294 g/mol. The first-order valence-electron chi connectivity index (χ1n) is 3.56. The summed E-state index contributed by atoms with van der Waals surface area (Å²) >= 11 is 0. The maximum atomic E-state index is 2.56. The number of fused-ring (bicyclic) bond motifs is 1. The van der Waals surface area contributed by atoms with E-state index in [9.17, 15) is 0 Å². The number of rotatable bonds is 0. The van der Waals surface area contributed by atoms with Gasteiger partial charge in [-0.15, -0.1) is 0 Å². The summed E-state index contributed by atoms with van der Waals surface area (Å²) in [7, 11) is 0. The molecule has 0 bridgehead atoms. The fraction of sp³-hybridized carbons (Fsp3) is 0.857. The third-order valence-corrected chi connectivity index (χ3v) is 2.23. The number of hydrogen-bond donors (Lipinski definition) is 0. The van der Waals surface area contributed by atoms with Gasteiger partial charge in [-0.1, -0.05) is 12.8 Å². The molecule has 0 aromatic carbocycles. The van der Waals surface area contributed by atoms with E-state index in [0.717, 1.165) is 0 Å². The van der Waals surface area contributed by atoms with E-state index in [1.54, 1.807) is 6.04 Å². The van der Waals surface area contributed by atoms with Gasteiger partial charge in [0.25, 0.3) is 0 Å². The molecule has 2 aliphatic rings. The second-order valence-electron chi connectivity index (χ2n) is 2.76. The number of hydrogen-bond acceptors (Lipinski definition) is 1. The van der Waals surface area contributed by atoms with Crippen molar-refractivity contribution >= 4 is 0 Å². The van der Waals surface area contributed by atoms with Gasteiger partial charge in [-0.2, -0.15) is 12.8 Å². The molecule has 2 heterocycles. The normalized spacial score (nSPS) is 28.0. The molecule has 52 valence electrons. The molecule has 0 atom stereocenters. The summed E-state index contributed by atoms with van der Waals surface area (Å²) in [5, 5.41) is 0. The van der Waals surface area contributed by atoms with Crippen LogP contribution in [0.2, 0.25) is 0 Å². The number of nitrogens with zero attached hydrogens (tertiary/aromatic N) is 1. The Morgan fingerprint density at radius 1 is 1.00 bits per heavy atom. The molecule has 0 amide bonds. The van der Waals surface area contributed by atoms with E-state index in [1.807, 2.05) is 0 Å². The van der Waals surface area contributed by atoms with E-state index in [0.29, 0.717) is 0 Å². The Hall–Kier alpha value is 0.648. The minimum Gasteiger partial charge on any atom is -0.454 e. The van der Waals surface area contributed by atoms with Crippen molar-refractivity contribution in [3.05, 3.63) is 6.04 Å². The molecule has 0 aromatic heterocycles. The average Bonchev–Trinajstić information content (AvgIpc) is 2.15. The van der Waals surface area contributed by atoms with Crippen LogP contribution in [0.25, 0.3) is 0 Å². The van der Waals surface area contributed by atoms with Crippen molar-refractivity contribution in [2.45, 2.75) is 25.7 Å². The van der Waals surface area contributed by atoms with Crippen LogP contribution in [0.4, 0.5) is 0 Å². The summed E-state index contributed by atoms with van der Waals surface area (Å²) in [6.45, 7) is 2.71. The Bertz CT molecular complexity index is 74.9. The zero-order chi connectivity index (χ0) is 5.40. The van der Waals surface area contributed by atoms with E-state index in [1.165, 1.54) is 38.8 Å². The van der Waals surface area contributed by atoms with Gasteiger partial charge < -0.3 is 4.90 Å². The van der Waals surface area contributed by atoms with E-state index in [-0.39, 0.29) is 21.1 Å². The van der Waals surface area contributed by atoms with E-state index < -0.39 is 0 Å². The maximum Gasteiger partial charge on any atom is 0 e. The first-order chi connectivity index (χ1) is 3.97. The first-order valence-corrected chi connectivity index (χ1v) is 3.56. The van der Waals surface area contributed by atoms with Gasteiger partial charge >= 0.3 is 0 Å². The molecule has 1 nitrogen and oxygen atoms in total. The molecule has 2 saturated heterocycles. The van der Waals surface area contributed by atoms with Crippen LogP contribution < -0.4 is 0 Å². The van der Waals surface area contributed by atoms with Crippen molar-refractivity contribution < 1.29 is 21.1 Å². The topological polar surface area (TPSA) is 3.24 Å². The van der Waals surface area contributed by atoms with Crippen LogP contribution in [0.15, 0.2) is 0 Å². The minimum absolute atomic E-state index is 0. The summed E-state index contributed by atoms with van der Waals surface area (Å²) in [4.78, 5) is 2.56. The Morgan fingerprint density at radius 3 is 2.00 bits per heavy atom. The van der Waals surface area contributed by atoms with E-state index in [2.05, 4.69) is 4.90 Å². The third-order valence-electron chi connectivity index (χ3n) is 2.23. The molecule has 0 aromatic rings. The van der Waals surface area contributed by atoms with Crippen molar-refractivity contribution in [2.75, 3.05) is 13.1 Å². The SMILES string of the molecule is C1C[C-]2CCCN2C1.[W]. The van der Waals surface area contributed by atoms with Crippen LogP contribution in [0.5, 0.6) is 0 Å².